The lowest BCUT2D eigenvalue weighted by Gasteiger charge is -2.44. The lowest BCUT2D eigenvalue weighted by Crippen LogP contribution is -2.56. The molecule has 2 aromatic carbocycles. The maximum absolute atomic E-state index is 14.0. The van der Waals surface area contributed by atoms with Crippen LogP contribution < -0.4 is 10.6 Å². The van der Waals surface area contributed by atoms with Crippen LogP contribution in [0.25, 0.3) is 10.9 Å². The predicted molar refractivity (Wildman–Crippen MR) is 143 cm³/mol. The molecule has 0 spiro atoms. The quantitative estimate of drug-likeness (QED) is 0.407. The van der Waals surface area contributed by atoms with E-state index >= 15 is 0 Å². The number of benzene rings is 2. The van der Waals surface area contributed by atoms with Gasteiger partial charge in [0.2, 0.25) is 0 Å². The van der Waals surface area contributed by atoms with Crippen molar-refractivity contribution in [1.29, 1.82) is 0 Å². The molecule has 6 rings (SSSR count). The number of anilines is 2. The van der Waals surface area contributed by atoms with Crippen LogP contribution in [-0.4, -0.2) is 74.8 Å². The third-order valence-electron chi connectivity index (χ3n) is 8.40. The minimum atomic E-state index is -0.336. The highest BCUT2D eigenvalue weighted by molar-refractivity contribution is 6.20. The van der Waals surface area contributed by atoms with Gasteiger partial charge in [0, 0.05) is 78.8 Å². The van der Waals surface area contributed by atoms with E-state index in [1.165, 1.54) is 11.3 Å². The standard InChI is InChI=1S/C29H36N4O3/c1-29(2)23-15-25(33-10-8-32(9-11-33)20-16-36-17-20)18(5-4-12-35-3)13-22(23)27(34)26-21-7-6-19(30)14-24(21)31-28(26)29/h6-7,13-15,20,31H,4-5,8-12,16-17,30H2,1-3H3. The van der Waals surface area contributed by atoms with E-state index in [0.717, 1.165) is 85.5 Å². The zero-order valence-electron chi connectivity index (χ0n) is 21.5. The van der Waals surface area contributed by atoms with Crippen LogP contribution in [0.1, 0.15) is 53.0 Å². The number of aromatic nitrogens is 1. The van der Waals surface area contributed by atoms with Gasteiger partial charge in [0.25, 0.3) is 0 Å². The zero-order chi connectivity index (χ0) is 25.0. The molecule has 3 N–H and O–H groups in total. The number of nitrogens with two attached hydrogens (primary N) is 1. The number of ether oxygens (including phenoxy) is 2. The van der Waals surface area contributed by atoms with Gasteiger partial charge >= 0.3 is 0 Å². The van der Waals surface area contributed by atoms with Crippen molar-refractivity contribution < 1.29 is 14.3 Å². The molecule has 3 heterocycles. The molecule has 36 heavy (non-hydrogen) atoms. The molecule has 0 amide bonds. The fraction of sp³-hybridized carbons (Fsp3) is 0.483. The van der Waals surface area contributed by atoms with Crippen LogP contribution in [0.2, 0.25) is 0 Å². The Morgan fingerprint density at radius 2 is 1.92 bits per heavy atom. The Labute approximate surface area is 212 Å². The molecule has 3 aromatic rings. The molecule has 1 aromatic heterocycles. The maximum Gasteiger partial charge on any atom is 0.195 e. The summed E-state index contributed by atoms with van der Waals surface area (Å²) in [4.78, 5) is 22.6. The summed E-state index contributed by atoms with van der Waals surface area (Å²) in [7, 11) is 1.74. The second-order valence-corrected chi connectivity index (χ2v) is 11.0. The normalized spacial score (nSPS) is 19.9. The summed E-state index contributed by atoms with van der Waals surface area (Å²) >= 11 is 0. The van der Waals surface area contributed by atoms with E-state index in [1.54, 1.807) is 7.11 Å². The number of nitrogens with one attached hydrogen (secondary N) is 1. The summed E-state index contributed by atoms with van der Waals surface area (Å²) in [5.74, 6) is 0.102. The fourth-order valence-corrected chi connectivity index (χ4v) is 6.19. The number of nitrogen functional groups attached to an aromatic ring is 1. The first-order valence-electron chi connectivity index (χ1n) is 13.1. The van der Waals surface area contributed by atoms with E-state index in [1.807, 2.05) is 18.2 Å². The van der Waals surface area contributed by atoms with Gasteiger partial charge in [-0.1, -0.05) is 19.9 Å². The van der Waals surface area contributed by atoms with Gasteiger partial charge in [0.1, 0.15) is 0 Å². The first-order chi connectivity index (χ1) is 17.4. The molecular weight excluding hydrogens is 452 g/mol. The largest absolute Gasteiger partial charge is 0.399 e. The highest BCUT2D eigenvalue weighted by Gasteiger charge is 2.41. The Kier molecular flexibility index (Phi) is 5.82. The third kappa shape index (κ3) is 3.72. The molecule has 190 valence electrons. The van der Waals surface area contributed by atoms with Crippen molar-refractivity contribution in [2.45, 2.75) is 38.1 Å². The molecule has 3 aliphatic rings. The molecule has 7 nitrogen and oxygen atoms in total. The number of hydrogen-bond donors (Lipinski definition) is 2. The molecule has 2 fully saturated rings. The third-order valence-corrected chi connectivity index (χ3v) is 8.40. The van der Waals surface area contributed by atoms with Gasteiger partial charge < -0.3 is 25.1 Å². The summed E-state index contributed by atoms with van der Waals surface area (Å²) in [5, 5.41) is 0.948. The molecule has 2 aliphatic heterocycles. The van der Waals surface area contributed by atoms with Crippen LogP contribution in [0.15, 0.2) is 30.3 Å². The SMILES string of the molecule is COCCCc1cc2c(cc1N1CCN(C3COC3)CC1)C(C)(C)c1[nH]c3cc(N)ccc3c1C2=O. The number of ketones is 1. The van der Waals surface area contributed by atoms with E-state index in [4.69, 9.17) is 15.2 Å². The van der Waals surface area contributed by atoms with Crippen molar-refractivity contribution in [3.8, 4) is 0 Å². The number of aryl methyl sites for hydroxylation is 1. The molecule has 0 bridgehead atoms. The van der Waals surface area contributed by atoms with Gasteiger partial charge in [-0.3, -0.25) is 9.69 Å². The van der Waals surface area contributed by atoms with Crippen LogP contribution in [0.5, 0.6) is 0 Å². The fourth-order valence-electron chi connectivity index (χ4n) is 6.19. The van der Waals surface area contributed by atoms with Crippen LogP contribution in [0, 0.1) is 0 Å². The minimum absolute atomic E-state index is 0.102. The topological polar surface area (TPSA) is 83.8 Å². The van der Waals surface area contributed by atoms with Crippen LogP contribution in [-0.2, 0) is 21.3 Å². The number of carbonyl (C=O) groups is 1. The maximum atomic E-state index is 14.0. The predicted octanol–water partition coefficient (Wildman–Crippen LogP) is 3.72. The van der Waals surface area contributed by atoms with E-state index in [9.17, 15) is 4.79 Å². The molecule has 0 radical (unpaired) electrons. The van der Waals surface area contributed by atoms with Crippen LogP contribution in [0.3, 0.4) is 0 Å². The van der Waals surface area contributed by atoms with Gasteiger partial charge in [-0.25, -0.2) is 0 Å². The van der Waals surface area contributed by atoms with Gasteiger partial charge in [0.05, 0.1) is 24.8 Å². The van der Waals surface area contributed by atoms with Gasteiger partial charge in [-0.05, 0) is 48.2 Å². The van der Waals surface area contributed by atoms with E-state index < -0.39 is 0 Å². The average Bonchev–Trinajstić information content (AvgIpc) is 3.22. The molecule has 1 aliphatic carbocycles. The first kappa shape index (κ1) is 23.5. The summed E-state index contributed by atoms with van der Waals surface area (Å²) in [6, 6.07) is 10.8. The Hall–Kier alpha value is -2.87. The first-order valence-corrected chi connectivity index (χ1v) is 13.1. The number of hydrogen-bond acceptors (Lipinski definition) is 6. The smallest absolute Gasteiger partial charge is 0.195 e. The highest BCUT2D eigenvalue weighted by Crippen LogP contribution is 2.46. The average molecular weight is 489 g/mol. The van der Waals surface area contributed by atoms with Crippen molar-refractivity contribution in [3.63, 3.8) is 0 Å². The second kappa shape index (κ2) is 8.91. The van der Waals surface area contributed by atoms with E-state index in [0.29, 0.717) is 18.3 Å². The summed E-state index contributed by atoms with van der Waals surface area (Å²) in [6.07, 6.45) is 1.81. The van der Waals surface area contributed by atoms with Gasteiger partial charge in [-0.2, -0.15) is 0 Å². The summed E-state index contributed by atoms with van der Waals surface area (Å²) < 4.78 is 10.8. The molecule has 7 heteroatoms. The van der Waals surface area contributed by atoms with E-state index in [2.05, 4.69) is 40.8 Å². The second-order valence-electron chi connectivity index (χ2n) is 11.0. The summed E-state index contributed by atoms with van der Waals surface area (Å²) in [6.45, 7) is 10.9. The van der Waals surface area contributed by atoms with Crippen LogP contribution in [0.4, 0.5) is 11.4 Å². The Balaban J connectivity index is 1.41. The van der Waals surface area contributed by atoms with Gasteiger partial charge in [-0.15, -0.1) is 0 Å². The van der Waals surface area contributed by atoms with Gasteiger partial charge in [0.15, 0.2) is 5.78 Å². The lowest BCUT2D eigenvalue weighted by atomic mass is 9.70. The van der Waals surface area contributed by atoms with Crippen molar-refractivity contribution in [1.82, 2.24) is 9.88 Å². The molecule has 0 atom stereocenters. The monoisotopic (exact) mass is 488 g/mol. The number of fused-ring (bicyclic) bond motifs is 4. The number of aromatic amines is 1. The van der Waals surface area contributed by atoms with Crippen molar-refractivity contribution in [3.05, 3.63) is 58.3 Å². The number of rotatable bonds is 6. The van der Waals surface area contributed by atoms with Crippen molar-refractivity contribution in [2.75, 3.05) is 63.7 Å². The number of nitrogens with zero attached hydrogens (tertiary/aromatic N) is 2. The Bertz CT molecular complexity index is 1320. The molecule has 0 unspecified atom stereocenters. The number of H-pyrrole nitrogens is 1. The Morgan fingerprint density at radius 1 is 1.14 bits per heavy atom. The Morgan fingerprint density at radius 3 is 2.61 bits per heavy atom. The van der Waals surface area contributed by atoms with E-state index in [-0.39, 0.29) is 11.2 Å². The van der Waals surface area contributed by atoms with Crippen molar-refractivity contribution in [2.24, 2.45) is 0 Å². The summed E-state index contributed by atoms with van der Waals surface area (Å²) in [5.41, 5.74) is 13.5. The molecule has 2 saturated heterocycles. The lowest BCUT2D eigenvalue weighted by molar-refractivity contribution is -0.0660. The zero-order valence-corrected chi connectivity index (χ0v) is 21.5. The highest BCUT2D eigenvalue weighted by atomic mass is 16.5. The number of carbonyl (C=O) groups excluding carboxylic acids is 1. The van der Waals surface area contributed by atoms with Crippen LogP contribution >= 0.6 is 0 Å². The minimum Gasteiger partial charge on any atom is -0.399 e. The van der Waals surface area contributed by atoms with Crippen molar-refractivity contribution >= 4 is 28.1 Å². The number of piperazine rings is 1. The number of methoxy groups -OCH3 is 1. The molecule has 0 saturated carbocycles. The molecular formula is C29H36N4O3.